The highest BCUT2D eigenvalue weighted by Gasteiger charge is 2.31. The first kappa shape index (κ1) is 18.1. The lowest BCUT2D eigenvalue weighted by atomic mass is 9.92. The largest absolute Gasteiger partial charge is 0.343 e. The van der Waals surface area contributed by atoms with Crippen molar-refractivity contribution in [1.82, 2.24) is 10.2 Å². The number of aryl methyl sites for hydroxylation is 1. The maximum Gasteiger partial charge on any atom is 0.222 e. The minimum absolute atomic E-state index is 0. The topological polar surface area (TPSA) is 32.3 Å². The Morgan fingerprint density at radius 1 is 1.17 bits per heavy atom. The second-order valence-electron chi connectivity index (χ2n) is 6.37. The van der Waals surface area contributed by atoms with Gasteiger partial charge in [0.05, 0.1) is 0 Å². The van der Waals surface area contributed by atoms with Crippen molar-refractivity contribution < 1.29 is 13.6 Å². The van der Waals surface area contributed by atoms with Gasteiger partial charge in [0.2, 0.25) is 5.91 Å². The van der Waals surface area contributed by atoms with Crippen LogP contribution in [0.2, 0.25) is 0 Å². The van der Waals surface area contributed by atoms with Crippen LogP contribution < -0.4 is 5.32 Å². The van der Waals surface area contributed by atoms with E-state index < -0.39 is 11.6 Å². The average Bonchev–Trinajstić information content (AvgIpc) is 2.86. The Kier molecular flexibility index (Phi) is 6.36. The molecule has 0 saturated carbocycles. The molecule has 2 saturated heterocycles. The third-order valence-electron chi connectivity index (χ3n) is 4.99. The molecule has 23 heavy (non-hydrogen) atoms. The van der Waals surface area contributed by atoms with Gasteiger partial charge in [-0.3, -0.25) is 4.79 Å². The van der Waals surface area contributed by atoms with Crippen LogP contribution in [0.1, 0.15) is 24.8 Å². The van der Waals surface area contributed by atoms with E-state index in [1.54, 1.807) is 0 Å². The van der Waals surface area contributed by atoms with Gasteiger partial charge in [0.25, 0.3) is 0 Å². The van der Waals surface area contributed by atoms with E-state index in [0.717, 1.165) is 51.2 Å². The van der Waals surface area contributed by atoms with Crippen LogP contribution in [0.4, 0.5) is 8.78 Å². The molecule has 2 heterocycles. The summed E-state index contributed by atoms with van der Waals surface area (Å²) in [4.78, 5) is 14.2. The zero-order valence-corrected chi connectivity index (χ0v) is 13.9. The Balaban J connectivity index is 0.00000192. The van der Waals surface area contributed by atoms with E-state index in [1.807, 2.05) is 4.90 Å². The number of nitrogens with zero attached hydrogens (tertiary/aromatic N) is 1. The maximum atomic E-state index is 13.6. The minimum Gasteiger partial charge on any atom is -0.343 e. The second-order valence-corrected chi connectivity index (χ2v) is 6.37. The molecule has 6 heteroatoms. The van der Waals surface area contributed by atoms with Crippen molar-refractivity contribution >= 4 is 18.3 Å². The van der Waals surface area contributed by atoms with Crippen molar-refractivity contribution in [2.75, 3.05) is 26.2 Å². The van der Waals surface area contributed by atoms with Crippen LogP contribution in [0.25, 0.3) is 0 Å². The number of likely N-dealkylation sites (tertiary alicyclic amines) is 1. The van der Waals surface area contributed by atoms with Crippen molar-refractivity contribution in [2.45, 2.75) is 25.7 Å². The van der Waals surface area contributed by atoms with Crippen molar-refractivity contribution in [3.8, 4) is 0 Å². The highest BCUT2D eigenvalue weighted by Crippen LogP contribution is 2.27. The second kappa shape index (κ2) is 8.06. The van der Waals surface area contributed by atoms with Crippen LogP contribution in [0.5, 0.6) is 0 Å². The fourth-order valence-electron chi connectivity index (χ4n) is 3.60. The van der Waals surface area contributed by atoms with Gasteiger partial charge in [0.15, 0.2) is 0 Å². The number of hydrogen-bond acceptors (Lipinski definition) is 2. The summed E-state index contributed by atoms with van der Waals surface area (Å²) in [5, 5.41) is 3.41. The summed E-state index contributed by atoms with van der Waals surface area (Å²) < 4.78 is 26.7. The van der Waals surface area contributed by atoms with Crippen LogP contribution in [-0.4, -0.2) is 37.0 Å². The number of hydrogen-bond donors (Lipinski definition) is 1. The van der Waals surface area contributed by atoms with Crippen LogP contribution in [0.3, 0.4) is 0 Å². The Labute approximate surface area is 141 Å². The highest BCUT2D eigenvalue weighted by atomic mass is 35.5. The van der Waals surface area contributed by atoms with Crippen molar-refractivity contribution in [1.29, 1.82) is 0 Å². The molecule has 1 amide bonds. The molecule has 2 aliphatic rings. The SMILES string of the molecule is Cl.O=C(CCc1cc(F)ccc1F)N1CC[C@@H]2CNC[C@@H]2CC1. The lowest BCUT2D eigenvalue weighted by molar-refractivity contribution is -0.131. The maximum absolute atomic E-state index is 13.6. The van der Waals surface area contributed by atoms with Gasteiger partial charge in [-0.25, -0.2) is 8.78 Å². The van der Waals surface area contributed by atoms with E-state index in [4.69, 9.17) is 0 Å². The lowest BCUT2D eigenvalue weighted by Crippen LogP contribution is -2.32. The summed E-state index contributed by atoms with van der Waals surface area (Å²) >= 11 is 0. The van der Waals surface area contributed by atoms with Crippen LogP contribution in [0, 0.1) is 23.5 Å². The summed E-state index contributed by atoms with van der Waals surface area (Å²) in [6.07, 6.45) is 2.58. The molecular weight excluding hydrogens is 322 g/mol. The lowest BCUT2D eigenvalue weighted by Gasteiger charge is -2.21. The first-order valence-corrected chi connectivity index (χ1v) is 8.06. The molecular formula is C17H23ClF2N2O. The summed E-state index contributed by atoms with van der Waals surface area (Å²) in [6.45, 7) is 3.68. The number of rotatable bonds is 3. The highest BCUT2D eigenvalue weighted by molar-refractivity contribution is 5.85. The van der Waals surface area contributed by atoms with Gasteiger partial charge < -0.3 is 10.2 Å². The average molecular weight is 345 g/mol. The molecule has 0 aromatic heterocycles. The molecule has 0 unspecified atom stereocenters. The molecule has 1 aromatic carbocycles. The Bertz CT molecular complexity index is 541. The Morgan fingerprint density at radius 2 is 1.83 bits per heavy atom. The molecule has 2 atom stereocenters. The van der Waals surface area contributed by atoms with Crippen LogP contribution >= 0.6 is 12.4 Å². The third kappa shape index (κ3) is 4.42. The van der Waals surface area contributed by atoms with E-state index in [2.05, 4.69) is 5.32 Å². The van der Waals surface area contributed by atoms with Crippen LogP contribution in [-0.2, 0) is 11.2 Å². The van der Waals surface area contributed by atoms with Crippen molar-refractivity contribution in [3.63, 3.8) is 0 Å². The number of nitrogens with one attached hydrogen (secondary N) is 1. The molecule has 1 N–H and O–H groups in total. The molecule has 0 aliphatic carbocycles. The third-order valence-corrected chi connectivity index (χ3v) is 4.99. The summed E-state index contributed by atoms with van der Waals surface area (Å²) in [6, 6.07) is 3.40. The number of benzene rings is 1. The minimum atomic E-state index is -0.459. The molecule has 3 rings (SSSR count). The van der Waals surface area contributed by atoms with Crippen LogP contribution in [0.15, 0.2) is 18.2 Å². The fraction of sp³-hybridized carbons (Fsp3) is 0.588. The molecule has 128 valence electrons. The quantitative estimate of drug-likeness (QED) is 0.914. The normalized spacial score (nSPS) is 23.8. The predicted molar refractivity (Wildman–Crippen MR) is 87.6 cm³/mol. The summed E-state index contributed by atoms with van der Waals surface area (Å²) in [5.74, 6) is 0.512. The van der Waals surface area contributed by atoms with E-state index in [0.29, 0.717) is 11.8 Å². The zero-order valence-electron chi connectivity index (χ0n) is 13.1. The van der Waals surface area contributed by atoms with Gasteiger partial charge in [0.1, 0.15) is 11.6 Å². The van der Waals surface area contributed by atoms with E-state index in [1.165, 1.54) is 6.07 Å². The van der Waals surface area contributed by atoms with Crippen molar-refractivity contribution in [2.24, 2.45) is 11.8 Å². The first-order chi connectivity index (χ1) is 10.6. The number of amides is 1. The number of carbonyl (C=O) groups is 1. The molecule has 0 spiro atoms. The van der Waals surface area contributed by atoms with Crippen molar-refractivity contribution in [3.05, 3.63) is 35.4 Å². The standard InChI is InChI=1S/C17H22F2N2O.ClH/c18-15-2-3-16(19)12(9-15)1-4-17(22)21-7-5-13-10-20-11-14(13)6-8-21;/h2-3,9,13-14,20H,1,4-8,10-11H2;1H/t13-,14+;. The van der Waals surface area contributed by atoms with E-state index in [-0.39, 0.29) is 36.7 Å². The fourth-order valence-corrected chi connectivity index (χ4v) is 3.60. The van der Waals surface area contributed by atoms with Gasteiger partial charge in [-0.15, -0.1) is 12.4 Å². The van der Waals surface area contributed by atoms with Gasteiger partial charge >= 0.3 is 0 Å². The summed E-state index contributed by atoms with van der Waals surface area (Å²) in [5.41, 5.74) is 0.282. The zero-order chi connectivity index (χ0) is 15.5. The van der Waals surface area contributed by atoms with Gasteiger partial charge in [-0.05, 0) is 68.0 Å². The summed E-state index contributed by atoms with van der Waals surface area (Å²) in [7, 11) is 0. The molecule has 2 fully saturated rings. The number of carbonyl (C=O) groups excluding carboxylic acids is 1. The molecule has 0 bridgehead atoms. The predicted octanol–water partition coefficient (Wildman–Crippen LogP) is 2.78. The van der Waals surface area contributed by atoms with Gasteiger partial charge in [-0.2, -0.15) is 0 Å². The smallest absolute Gasteiger partial charge is 0.222 e. The number of halogens is 3. The molecule has 2 aliphatic heterocycles. The molecule has 0 radical (unpaired) electrons. The Hall–Kier alpha value is -1.20. The van der Waals surface area contributed by atoms with E-state index >= 15 is 0 Å². The monoisotopic (exact) mass is 344 g/mol. The molecule has 1 aromatic rings. The Morgan fingerprint density at radius 3 is 2.48 bits per heavy atom. The van der Waals surface area contributed by atoms with Gasteiger partial charge in [0, 0.05) is 19.5 Å². The first-order valence-electron chi connectivity index (χ1n) is 8.06. The van der Waals surface area contributed by atoms with E-state index in [9.17, 15) is 13.6 Å². The number of fused-ring (bicyclic) bond motifs is 1. The van der Waals surface area contributed by atoms with Gasteiger partial charge in [-0.1, -0.05) is 0 Å². The molecule has 3 nitrogen and oxygen atoms in total.